The maximum absolute atomic E-state index is 12.2. The largest absolute Gasteiger partial charge is 0.374 e. The fourth-order valence-electron chi connectivity index (χ4n) is 2.80. The highest BCUT2D eigenvalue weighted by atomic mass is 35.5. The maximum Gasteiger partial charge on any atom is 0.230 e. The van der Waals surface area contributed by atoms with Crippen LogP contribution in [0.15, 0.2) is 26.9 Å². The number of amides is 2. The molecule has 3 rings (SSSR count). The Morgan fingerprint density at radius 3 is 2.68 bits per heavy atom. The molecule has 168 valence electrons. The van der Waals surface area contributed by atoms with Crippen molar-refractivity contribution < 1.29 is 14.3 Å². The SMILES string of the molecule is NC(=O)CSc1nnc(SCC(=O)NC[C@H]2CN(Cc3ccc(Cl)c(Cl)c3)CCO2)s1. The molecule has 31 heavy (non-hydrogen) atoms. The fourth-order valence-corrected chi connectivity index (χ4v) is 5.71. The van der Waals surface area contributed by atoms with Crippen LogP contribution in [0.3, 0.4) is 0 Å². The summed E-state index contributed by atoms with van der Waals surface area (Å²) in [6, 6.07) is 5.63. The van der Waals surface area contributed by atoms with Crippen molar-refractivity contribution in [1.29, 1.82) is 0 Å². The van der Waals surface area contributed by atoms with Crippen LogP contribution in [0.2, 0.25) is 10.0 Å². The van der Waals surface area contributed by atoms with Crippen molar-refractivity contribution in [2.75, 3.05) is 37.7 Å². The number of hydrogen-bond acceptors (Lipinski definition) is 9. The van der Waals surface area contributed by atoms with Crippen LogP contribution in [0.5, 0.6) is 0 Å². The molecule has 1 saturated heterocycles. The van der Waals surface area contributed by atoms with Gasteiger partial charge in [0.2, 0.25) is 11.8 Å². The van der Waals surface area contributed by atoms with Crippen molar-refractivity contribution in [3.05, 3.63) is 33.8 Å². The van der Waals surface area contributed by atoms with Crippen LogP contribution in [0.4, 0.5) is 0 Å². The molecule has 1 aromatic carbocycles. The van der Waals surface area contributed by atoms with Gasteiger partial charge in [-0.1, -0.05) is 64.1 Å². The smallest absolute Gasteiger partial charge is 0.230 e. The molecule has 3 N–H and O–H groups in total. The van der Waals surface area contributed by atoms with Crippen molar-refractivity contribution in [1.82, 2.24) is 20.4 Å². The normalized spacial score (nSPS) is 16.9. The van der Waals surface area contributed by atoms with E-state index in [2.05, 4.69) is 20.4 Å². The molecule has 1 aliphatic heterocycles. The number of rotatable bonds is 10. The molecule has 2 amide bonds. The summed E-state index contributed by atoms with van der Waals surface area (Å²) in [6.45, 7) is 3.31. The lowest BCUT2D eigenvalue weighted by Gasteiger charge is -2.33. The van der Waals surface area contributed by atoms with Crippen LogP contribution in [0.25, 0.3) is 0 Å². The minimum Gasteiger partial charge on any atom is -0.374 e. The lowest BCUT2D eigenvalue weighted by molar-refractivity contribution is -0.120. The third kappa shape index (κ3) is 8.41. The standard InChI is InChI=1S/C18H21Cl2N5O3S3/c19-13-2-1-11(5-14(13)20)7-25-3-4-28-12(8-25)6-22-16(27)10-30-18-24-23-17(31-18)29-9-15(21)26/h1-2,5,12H,3-4,6-10H2,(H2,21,26)(H,22,27)/t12-/m0/s1. The minimum atomic E-state index is -0.408. The van der Waals surface area contributed by atoms with Gasteiger partial charge in [0.15, 0.2) is 8.68 Å². The molecule has 1 atom stereocenters. The van der Waals surface area contributed by atoms with Crippen molar-refractivity contribution in [3.63, 3.8) is 0 Å². The Kier molecular flexibility index (Phi) is 9.70. The molecule has 2 aromatic rings. The van der Waals surface area contributed by atoms with Gasteiger partial charge < -0.3 is 15.8 Å². The molecule has 0 radical (unpaired) electrons. The second-order valence-corrected chi connectivity index (χ2v) is 10.9. The van der Waals surface area contributed by atoms with E-state index in [-0.39, 0.29) is 23.5 Å². The zero-order chi connectivity index (χ0) is 22.2. The van der Waals surface area contributed by atoms with Gasteiger partial charge in [-0.15, -0.1) is 10.2 Å². The van der Waals surface area contributed by atoms with E-state index in [1.54, 1.807) is 6.07 Å². The lowest BCUT2D eigenvalue weighted by Crippen LogP contribution is -2.47. The minimum absolute atomic E-state index is 0.0798. The van der Waals surface area contributed by atoms with Gasteiger partial charge in [0.1, 0.15) is 0 Å². The number of halogens is 2. The molecule has 0 aliphatic carbocycles. The first-order valence-corrected chi connectivity index (χ1v) is 12.9. The molecular formula is C18H21Cl2N5O3S3. The van der Waals surface area contributed by atoms with Gasteiger partial charge in [0.05, 0.1) is 34.3 Å². The summed E-state index contributed by atoms with van der Waals surface area (Å²) >= 11 is 15.9. The highest BCUT2D eigenvalue weighted by Crippen LogP contribution is 2.28. The summed E-state index contributed by atoms with van der Waals surface area (Å²) in [5, 5.41) is 12.0. The van der Waals surface area contributed by atoms with Gasteiger partial charge in [-0.05, 0) is 17.7 Å². The highest BCUT2D eigenvalue weighted by molar-refractivity contribution is 8.03. The van der Waals surface area contributed by atoms with Crippen molar-refractivity contribution in [2.24, 2.45) is 5.73 Å². The zero-order valence-electron chi connectivity index (χ0n) is 16.4. The van der Waals surface area contributed by atoms with E-state index >= 15 is 0 Å². The number of nitrogens with one attached hydrogen (secondary N) is 1. The van der Waals surface area contributed by atoms with E-state index in [0.717, 1.165) is 18.7 Å². The highest BCUT2D eigenvalue weighted by Gasteiger charge is 2.21. The Hall–Kier alpha value is -1.08. The summed E-state index contributed by atoms with van der Waals surface area (Å²) in [6.07, 6.45) is -0.0798. The molecule has 1 fully saturated rings. The summed E-state index contributed by atoms with van der Waals surface area (Å²) in [5.74, 6) is -0.121. The Morgan fingerprint density at radius 1 is 1.23 bits per heavy atom. The van der Waals surface area contributed by atoms with Crippen LogP contribution >= 0.6 is 58.1 Å². The van der Waals surface area contributed by atoms with E-state index < -0.39 is 5.91 Å². The summed E-state index contributed by atoms with van der Waals surface area (Å²) in [4.78, 5) is 25.3. The number of carbonyl (C=O) groups is 2. The van der Waals surface area contributed by atoms with E-state index in [9.17, 15) is 9.59 Å². The van der Waals surface area contributed by atoms with Gasteiger partial charge in [0, 0.05) is 26.2 Å². The predicted octanol–water partition coefficient (Wildman–Crippen LogP) is 2.53. The van der Waals surface area contributed by atoms with Gasteiger partial charge in [-0.25, -0.2) is 0 Å². The Labute approximate surface area is 202 Å². The zero-order valence-corrected chi connectivity index (χ0v) is 20.3. The number of nitrogens with zero attached hydrogens (tertiary/aromatic N) is 3. The van der Waals surface area contributed by atoms with Crippen LogP contribution in [0.1, 0.15) is 5.56 Å². The number of benzene rings is 1. The third-order valence-electron chi connectivity index (χ3n) is 4.19. The molecule has 1 aromatic heterocycles. The molecule has 0 spiro atoms. The number of aromatic nitrogens is 2. The molecule has 2 heterocycles. The fraction of sp³-hybridized carbons (Fsp3) is 0.444. The Balaban J connectivity index is 1.37. The van der Waals surface area contributed by atoms with Crippen molar-refractivity contribution >= 4 is 69.9 Å². The van der Waals surface area contributed by atoms with Gasteiger partial charge in [-0.2, -0.15) is 0 Å². The Morgan fingerprint density at radius 2 is 1.97 bits per heavy atom. The van der Waals surface area contributed by atoms with Crippen molar-refractivity contribution in [3.8, 4) is 0 Å². The Bertz CT molecular complexity index is 917. The number of carbonyl (C=O) groups excluding carboxylic acids is 2. The van der Waals surface area contributed by atoms with E-state index in [1.165, 1.54) is 34.9 Å². The molecular weight excluding hydrogens is 501 g/mol. The number of morpholine rings is 1. The van der Waals surface area contributed by atoms with Crippen LogP contribution in [-0.2, 0) is 20.9 Å². The first-order chi connectivity index (χ1) is 14.9. The van der Waals surface area contributed by atoms with E-state index in [1.807, 2.05) is 12.1 Å². The molecule has 0 saturated carbocycles. The van der Waals surface area contributed by atoms with E-state index in [0.29, 0.717) is 38.4 Å². The summed E-state index contributed by atoms with van der Waals surface area (Å²) in [7, 11) is 0. The molecule has 0 unspecified atom stereocenters. The van der Waals surface area contributed by atoms with Gasteiger partial charge in [0.25, 0.3) is 0 Å². The van der Waals surface area contributed by atoms with Crippen LogP contribution < -0.4 is 11.1 Å². The number of hydrogen-bond donors (Lipinski definition) is 2. The maximum atomic E-state index is 12.2. The van der Waals surface area contributed by atoms with Gasteiger partial charge >= 0.3 is 0 Å². The number of thioether (sulfide) groups is 2. The predicted molar refractivity (Wildman–Crippen MR) is 125 cm³/mol. The number of nitrogens with two attached hydrogens (primary N) is 1. The quantitative estimate of drug-likeness (QED) is 0.458. The molecule has 8 nitrogen and oxygen atoms in total. The monoisotopic (exact) mass is 521 g/mol. The average molecular weight is 523 g/mol. The van der Waals surface area contributed by atoms with Gasteiger partial charge in [-0.3, -0.25) is 14.5 Å². The first kappa shape index (κ1) is 24.6. The number of primary amides is 1. The van der Waals surface area contributed by atoms with Crippen LogP contribution in [-0.4, -0.2) is 70.8 Å². The third-order valence-corrected chi connectivity index (χ3v) is 8.14. The number of ether oxygens (including phenoxy) is 1. The van der Waals surface area contributed by atoms with Crippen LogP contribution in [0, 0.1) is 0 Å². The second kappa shape index (κ2) is 12.2. The average Bonchev–Trinajstić information content (AvgIpc) is 3.20. The summed E-state index contributed by atoms with van der Waals surface area (Å²) < 4.78 is 7.10. The topological polar surface area (TPSA) is 110 Å². The lowest BCUT2D eigenvalue weighted by atomic mass is 10.2. The van der Waals surface area contributed by atoms with Crippen molar-refractivity contribution in [2.45, 2.75) is 21.3 Å². The second-order valence-electron chi connectivity index (χ2n) is 6.66. The molecule has 0 bridgehead atoms. The molecule has 1 aliphatic rings. The van der Waals surface area contributed by atoms with E-state index in [4.69, 9.17) is 33.7 Å². The molecule has 13 heteroatoms. The summed E-state index contributed by atoms with van der Waals surface area (Å²) in [5.41, 5.74) is 6.20. The first-order valence-electron chi connectivity index (χ1n) is 9.31.